The van der Waals surface area contributed by atoms with Gasteiger partial charge in [-0.05, 0) is 42.0 Å². The summed E-state index contributed by atoms with van der Waals surface area (Å²) in [7, 11) is 1.79. The Labute approximate surface area is 213 Å². The van der Waals surface area contributed by atoms with Crippen molar-refractivity contribution in [3.05, 3.63) is 95.3 Å². The quantitative estimate of drug-likeness (QED) is 0.302. The first-order valence-electron chi connectivity index (χ1n) is 11.8. The number of pyridine rings is 1. The Bertz CT molecular complexity index is 1480. The number of nitrogens with zero attached hydrogens (tertiary/aromatic N) is 2. The molecule has 1 aliphatic heterocycles. The van der Waals surface area contributed by atoms with Gasteiger partial charge in [0.1, 0.15) is 5.82 Å². The van der Waals surface area contributed by atoms with Crippen molar-refractivity contribution in [2.24, 2.45) is 0 Å². The molecule has 0 spiro atoms. The van der Waals surface area contributed by atoms with E-state index in [1.165, 1.54) is 12.1 Å². The number of likely N-dealkylation sites (N-methyl/N-ethyl adjacent to an activating group) is 1. The normalized spacial score (nSPS) is 12.7. The summed E-state index contributed by atoms with van der Waals surface area (Å²) in [5.41, 5.74) is 5.36. The SMILES string of the molecule is CN1CCc2[nH]c(-c3ccnc(NC(=O)Cc4ccc(C(=O)O)cc4)c3)c(Nc3ccccc3)c2C1=O. The summed E-state index contributed by atoms with van der Waals surface area (Å²) in [4.78, 5) is 46.2. The molecule has 186 valence electrons. The second kappa shape index (κ2) is 9.98. The number of aromatic nitrogens is 2. The summed E-state index contributed by atoms with van der Waals surface area (Å²) in [6.45, 7) is 0.627. The van der Waals surface area contributed by atoms with Crippen LogP contribution in [-0.2, 0) is 17.6 Å². The van der Waals surface area contributed by atoms with Gasteiger partial charge >= 0.3 is 5.97 Å². The molecule has 4 aromatic rings. The van der Waals surface area contributed by atoms with Gasteiger partial charge in [0.2, 0.25) is 5.91 Å². The van der Waals surface area contributed by atoms with Gasteiger partial charge in [-0.1, -0.05) is 30.3 Å². The van der Waals surface area contributed by atoms with Crippen LogP contribution in [-0.4, -0.2) is 51.4 Å². The number of H-pyrrole nitrogens is 1. The second-order valence-corrected chi connectivity index (χ2v) is 8.85. The van der Waals surface area contributed by atoms with Crippen LogP contribution >= 0.6 is 0 Å². The molecule has 2 amide bonds. The highest BCUT2D eigenvalue weighted by Crippen LogP contribution is 2.38. The first kappa shape index (κ1) is 23.8. The van der Waals surface area contributed by atoms with E-state index in [1.807, 2.05) is 36.4 Å². The summed E-state index contributed by atoms with van der Waals surface area (Å²) < 4.78 is 0. The van der Waals surface area contributed by atoms with E-state index in [0.29, 0.717) is 35.6 Å². The van der Waals surface area contributed by atoms with Crippen LogP contribution in [0.1, 0.15) is 32.0 Å². The van der Waals surface area contributed by atoms with Crippen molar-refractivity contribution in [1.29, 1.82) is 0 Å². The molecular weight excluding hydrogens is 470 g/mol. The molecule has 2 aromatic carbocycles. The molecule has 0 saturated carbocycles. The van der Waals surface area contributed by atoms with E-state index >= 15 is 0 Å². The standard InChI is InChI=1S/C28H25N5O4/c1-33-14-12-21-24(27(33)35)26(30-20-5-3-2-4-6-20)25(31-21)19-11-13-29-22(16-19)32-23(34)15-17-7-9-18(10-8-17)28(36)37/h2-11,13,16,30-31H,12,14-15H2,1H3,(H,36,37)(H,29,32,34). The number of carboxylic acid groups (broad SMARTS) is 1. The van der Waals surface area contributed by atoms with Gasteiger partial charge in [-0.3, -0.25) is 9.59 Å². The van der Waals surface area contributed by atoms with Crippen LogP contribution in [0.4, 0.5) is 17.2 Å². The van der Waals surface area contributed by atoms with Gasteiger partial charge < -0.3 is 25.6 Å². The number of carboxylic acids is 1. The third-order valence-corrected chi connectivity index (χ3v) is 6.26. The van der Waals surface area contributed by atoms with Crippen LogP contribution in [0.15, 0.2) is 72.9 Å². The number of benzene rings is 2. The number of carbonyl (C=O) groups is 3. The Morgan fingerprint density at radius 2 is 1.84 bits per heavy atom. The highest BCUT2D eigenvalue weighted by molar-refractivity contribution is 6.06. The number of nitrogens with one attached hydrogen (secondary N) is 3. The highest BCUT2D eigenvalue weighted by atomic mass is 16.4. The second-order valence-electron chi connectivity index (χ2n) is 8.85. The van der Waals surface area contributed by atoms with E-state index in [-0.39, 0.29) is 23.8 Å². The van der Waals surface area contributed by atoms with Gasteiger partial charge in [0, 0.05) is 43.2 Å². The van der Waals surface area contributed by atoms with Crippen molar-refractivity contribution in [3.8, 4) is 11.3 Å². The number of fused-ring (bicyclic) bond motifs is 1. The number of aromatic amines is 1. The molecule has 0 aliphatic carbocycles. The lowest BCUT2D eigenvalue weighted by atomic mass is 10.0. The highest BCUT2D eigenvalue weighted by Gasteiger charge is 2.30. The van der Waals surface area contributed by atoms with Crippen LogP contribution in [0, 0.1) is 0 Å². The minimum atomic E-state index is -1.02. The summed E-state index contributed by atoms with van der Waals surface area (Å²) in [6, 6.07) is 19.4. The average Bonchev–Trinajstić information content (AvgIpc) is 3.26. The zero-order chi connectivity index (χ0) is 25.9. The minimum Gasteiger partial charge on any atom is -0.478 e. The molecule has 2 aromatic heterocycles. The van der Waals surface area contributed by atoms with E-state index in [2.05, 4.69) is 20.6 Å². The van der Waals surface area contributed by atoms with Crippen LogP contribution in [0.2, 0.25) is 0 Å². The van der Waals surface area contributed by atoms with Crippen molar-refractivity contribution in [3.63, 3.8) is 0 Å². The van der Waals surface area contributed by atoms with E-state index < -0.39 is 5.97 Å². The fourth-order valence-electron chi connectivity index (χ4n) is 4.35. The predicted molar refractivity (Wildman–Crippen MR) is 140 cm³/mol. The number of para-hydroxylation sites is 1. The Morgan fingerprint density at radius 1 is 1.08 bits per heavy atom. The predicted octanol–water partition coefficient (Wildman–Crippen LogP) is 4.33. The Balaban J connectivity index is 1.42. The molecule has 1 aliphatic rings. The van der Waals surface area contributed by atoms with Crippen LogP contribution < -0.4 is 10.6 Å². The maximum absolute atomic E-state index is 13.1. The number of rotatable bonds is 7. The maximum atomic E-state index is 13.1. The van der Waals surface area contributed by atoms with E-state index in [4.69, 9.17) is 5.11 Å². The molecule has 0 unspecified atom stereocenters. The largest absolute Gasteiger partial charge is 0.478 e. The average molecular weight is 496 g/mol. The van der Waals surface area contributed by atoms with Crippen molar-refractivity contribution < 1.29 is 19.5 Å². The van der Waals surface area contributed by atoms with Crippen molar-refractivity contribution >= 4 is 35.0 Å². The number of hydrogen-bond acceptors (Lipinski definition) is 5. The van der Waals surface area contributed by atoms with Gasteiger partial charge in [-0.2, -0.15) is 0 Å². The smallest absolute Gasteiger partial charge is 0.335 e. The Morgan fingerprint density at radius 3 is 2.57 bits per heavy atom. The number of hydrogen-bond donors (Lipinski definition) is 4. The van der Waals surface area contributed by atoms with Crippen molar-refractivity contribution in [1.82, 2.24) is 14.9 Å². The van der Waals surface area contributed by atoms with E-state index in [9.17, 15) is 14.4 Å². The third kappa shape index (κ3) is 5.06. The fourth-order valence-corrected chi connectivity index (χ4v) is 4.35. The zero-order valence-corrected chi connectivity index (χ0v) is 20.1. The van der Waals surface area contributed by atoms with E-state index in [0.717, 1.165) is 22.6 Å². The van der Waals surface area contributed by atoms with Crippen LogP contribution in [0.3, 0.4) is 0 Å². The van der Waals surface area contributed by atoms with Crippen molar-refractivity contribution in [2.45, 2.75) is 12.8 Å². The molecule has 0 bridgehead atoms. The lowest BCUT2D eigenvalue weighted by Crippen LogP contribution is -2.34. The van der Waals surface area contributed by atoms with Gasteiger partial charge in [0.25, 0.3) is 5.91 Å². The molecule has 0 saturated heterocycles. The monoisotopic (exact) mass is 495 g/mol. The summed E-state index contributed by atoms with van der Waals surface area (Å²) in [5, 5.41) is 15.3. The molecule has 0 radical (unpaired) electrons. The molecular formula is C28H25N5O4. The van der Waals surface area contributed by atoms with Gasteiger partial charge in [0.05, 0.1) is 28.9 Å². The fraction of sp³-hybridized carbons (Fsp3) is 0.143. The lowest BCUT2D eigenvalue weighted by Gasteiger charge is -2.23. The number of anilines is 3. The Kier molecular flexibility index (Phi) is 6.42. The summed E-state index contributed by atoms with van der Waals surface area (Å²) in [5.74, 6) is -0.986. The number of aromatic carboxylic acids is 1. The molecule has 9 nitrogen and oxygen atoms in total. The summed E-state index contributed by atoms with van der Waals surface area (Å²) in [6.07, 6.45) is 2.38. The van der Waals surface area contributed by atoms with E-state index in [1.54, 1.807) is 36.3 Å². The van der Waals surface area contributed by atoms with Crippen LogP contribution in [0.25, 0.3) is 11.3 Å². The first-order valence-corrected chi connectivity index (χ1v) is 11.8. The zero-order valence-electron chi connectivity index (χ0n) is 20.1. The molecule has 4 N–H and O–H groups in total. The van der Waals surface area contributed by atoms with Crippen LogP contribution in [0.5, 0.6) is 0 Å². The number of carbonyl (C=O) groups excluding carboxylic acids is 2. The van der Waals surface area contributed by atoms with Gasteiger partial charge in [0.15, 0.2) is 0 Å². The Hall–Kier alpha value is -4.92. The molecule has 5 rings (SSSR count). The minimum absolute atomic E-state index is 0.0568. The molecule has 0 atom stereocenters. The van der Waals surface area contributed by atoms with Gasteiger partial charge in [-0.25, -0.2) is 9.78 Å². The molecule has 37 heavy (non-hydrogen) atoms. The lowest BCUT2D eigenvalue weighted by molar-refractivity contribution is -0.115. The number of amides is 2. The molecule has 9 heteroatoms. The van der Waals surface area contributed by atoms with Crippen molar-refractivity contribution in [2.75, 3.05) is 24.2 Å². The molecule has 0 fully saturated rings. The maximum Gasteiger partial charge on any atom is 0.335 e. The topological polar surface area (TPSA) is 127 Å². The molecule has 3 heterocycles. The first-order chi connectivity index (χ1) is 17.9. The summed E-state index contributed by atoms with van der Waals surface area (Å²) >= 11 is 0. The third-order valence-electron chi connectivity index (χ3n) is 6.26. The van der Waals surface area contributed by atoms with Gasteiger partial charge in [-0.15, -0.1) is 0 Å².